The highest BCUT2D eigenvalue weighted by atomic mass is 127. The lowest BCUT2D eigenvalue weighted by molar-refractivity contribution is 0.386. The summed E-state index contributed by atoms with van der Waals surface area (Å²) in [5.74, 6) is 0.708. The van der Waals surface area contributed by atoms with Crippen molar-refractivity contribution in [3.63, 3.8) is 0 Å². The van der Waals surface area contributed by atoms with Crippen molar-refractivity contribution in [2.24, 2.45) is 4.99 Å². The van der Waals surface area contributed by atoms with Crippen LogP contribution in [0.25, 0.3) is 0 Å². The molecule has 1 aromatic rings. The summed E-state index contributed by atoms with van der Waals surface area (Å²) < 4.78 is 18.3. The topological polar surface area (TPSA) is 45.6 Å². The summed E-state index contributed by atoms with van der Waals surface area (Å²) in [4.78, 5) is 4.28. The molecule has 1 aliphatic heterocycles. The maximum atomic E-state index is 13.4. The number of methoxy groups -OCH3 is 1. The fourth-order valence-electron chi connectivity index (χ4n) is 1.66. The molecule has 0 fully saturated rings. The first-order chi connectivity index (χ1) is 8.29. The molecule has 0 aliphatic carbocycles. The predicted molar refractivity (Wildman–Crippen MR) is 80.1 cm³/mol. The lowest BCUT2D eigenvalue weighted by Gasteiger charge is -2.16. The highest BCUT2D eigenvalue weighted by Gasteiger charge is 2.05. The van der Waals surface area contributed by atoms with Gasteiger partial charge in [-0.2, -0.15) is 0 Å². The number of aliphatic imine (C=N–C) groups is 1. The zero-order valence-electron chi connectivity index (χ0n) is 10.2. The number of nitrogens with zero attached hydrogens (tertiary/aromatic N) is 1. The quantitative estimate of drug-likeness (QED) is 0.805. The van der Waals surface area contributed by atoms with E-state index in [2.05, 4.69) is 15.6 Å². The molecule has 0 amide bonds. The zero-order chi connectivity index (χ0) is 12.1. The highest BCUT2D eigenvalue weighted by Crippen LogP contribution is 2.17. The van der Waals surface area contributed by atoms with Crippen molar-refractivity contribution in [2.45, 2.75) is 13.0 Å². The largest absolute Gasteiger partial charge is 0.494 e. The molecule has 0 bridgehead atoms. The fraction of sp³-hybridized carbons (Fsp3) is 0.417. The second kappa shape index (κ2) is 7.40. The SMILES string of the molecule is COc1ccc(CNC2=NCCCN2)cc1F.I. The van der Waals surface area contributed by atoms with Crippen molar-refractivity contribution in [1.29, 1.82) is 0 Å². The first-order valence-corrected chi connectivity index (χ1v) is 5.64. The second-order valence-electron chi connectivity index (χ2n) is 3.83. The molecule has 2 rings (SSSR count). The molecule has 0 aromatic heterocycles. The molecule has 1 heterocycles. The Labute approximate surface area is 123 Å². The van der Waals surface area contributed by atoms with Gasteiger partial charge in [-0.1, -0.05) is 6.07 Å². The lowest BCUT2D eigenvalue weighted by atomic mass is 10.2. The van der Waals surface area contributed by atoms with E-state index in [9.17, 15) is 4.39 Å². The number of benzene rings is 1. The number of ether oxygens (including phenoxy) is 1. The number of rotatable bonds is 3. The van der Waals surface area contributed by atoms with E-state index in [1.165, 1.54) is 13.2 Å². The molecule has 0 unspecified atom stereocenters. The summed E-state index contributed by atoms with van der Waals surface area (Å²) >= 11 is 0. The normalized spacial score (nSPS) is 14.0. The summed E-state index contributed by atoms with van der Waals surface area (Å²) in [5, 5.41) is 6.28. The monoisotopic (exact) mass is 365 g/mol. The number of hydrogen-bond donors (Lipinski definition) is 2. The van der Waals surface area contributed by atoms with E-state index < -0.39 is 0 Å². The van der Waals surface area contributed by atoms with Crippen LogP contribution in [0.3, 0.4) is 0 Å². The zero-order valence-corrected chi connectivity index (χ0v) is 12.5. The first kappa shape index (κ1) is 15.0. The molecular weight excluding hydrogens is 348 g/mol. The van der Waals surface area contributed by atoms with Crippen LogP contribution < -0.4 is 15.4 Å². The molecular formula is C12H17FIN3O. The van der Waals surface area contributed by atoms with E-state index in [0.29, 0.717) is 6.54 Å². The van der Waals surface area contributed by atoms with Gasteiger partial charge in [0.15, 0.2) is 17.5 Å². The maximum Gasteiger partial charge on any atom is 0.191 e. The van der Waals surface area contributed by atoms with Gasteiger partial charge in [-0.3, -0.25) is 4.99 Å². The number of guanidine groups is 1. The summed E-state index contributed by atoms with van der Waals surface area (Å²) in [7, 11) is 1.46. The molecule has 6 heteroatoms. The van der Waals surface area contributed by atoms with Crippen molar-refractivity contribution in [2.75, 3.05) is 20.2 Å². The van der Waals surface area contributed by atoms with E-state index in [1.807, 2.05) is 6.07 Å². The Balaban J connectivity index is 0.00000162. The highest BCUT2D eigenvalue weighted by molar-refractivity contribution is 14.0. The Morgan fingerprint density at radius 2 is 2.33 bits per heavy atom. The van der Waals surface area contributed by atoms with Gasteiger partial charge in [0.2, 0.25) is 0 Å². The summed E-state index contributed by atoms with van der Waals surface area (Å²) in [6, 6.07) is 4.93. The molecule has 0 saturated carbocycles. The molecule has 0 atom stereocenters. The lowest BCUT2D eigenvalue weighted by Crippen LogP contribution is -2.40. The first-order valence-electron chi connectivity index (χ1n) is 5.64. The third-order valence-corrected chi connectivity index (χ3v) is 2.57. The standard InChI is InChI=1S/C12H16FN3O.HI/c1-17-11-4-3-9(7-10(11)13)8-16-12-14-5-2-6-15-12;/h3-4,7H,2,5-6,8H2,1H3,(H2,14,15,16);1H. The molecule has 1 aliphatic rings. The molecule has 2 N–H and O–H groups in total. The van der Waals surface area contributed by atoms with Crippen LogP contribution in [0.15, 0.2) is 23.2 Å². The summed E-state index contributed by atoms with van der Waals surface area (Å²) in [6.45, 7) is 2.32. The van der Waals surface area contributed by atoms with Gasteiger partial charge in [-0.25, -0.2) is 4.39 Å². The van der Waals surface area contributed by atoms with Crippen LogP contribution in [-0.4, -0.2) is 26.2 Å². The Morgan fingerprint density at radius 1 is 1.50 bits per heavy atom. The third-order valence-electron chi connectivity index (χ3n) is 2.57. The average molecular weight is 365 g/mol. The maximum absolute atomic E-state index is 13.4. The second-order valence-corrected chi connectivity index (χ2v) is 3.83. The number of halogens is 2. The van der Waals surface area contributed by atoms with E-state index in [0.717, 1.165) is 31.0 Å². The van der Waals surface area contributed by atoms with Crippen LogP contribution in [0, 0.1) is 5.82 Å². The van der Waals surface area contributed by atoms with Crippen molar-refractivity contribution in [3.8, 4) is 5.75 Å². The molecule has 100 valence electrons. The smallest absolute Gasteiger partial charge is 0.191 e. The Morgan fingerprint density at radius 3 is 2.94 bits per heavy atom. The van der Waals surface area contributed by atoms with Gasteiger partial charge < -0.3 is 15.4 Å². The molecule has 0 spiro atoms. The van der Waals surface area contributed by atoms with E-state index >= 15 is 0 Å². The Kier molecular flexibility index (Phi) is 6.17. The fourth-order valence-corrected chi connectivity index (χ4v) is 1.66. The van der Waals surface area contributed by atoms with Crippen LogP contribution in [0.2, 0.25) is 0 Å². The average Bonchev–Trinajstić information content (AvgIpc) is 2.38. The van der Waals surface area contributed by atoms with Gasteiger partial charge in [-0.15, -0.1) is 24.0 Å². The van der Waals surface area contributed by atoms with Gasteiger partial charge in [0.1, 0.15) is 0 Å². The van der Waals surface area contributed by atoms with Crippen LogP contribution in [0.4, 0.5) is 4.39 Å². The summed E-state index contributed by atoms with van der Waals surface area (Å²) in [6.07, 6.45) is 1.06. The minimum Gasteiger partial charge on any atom is -0.494 e. The Hall–Kier alpha value is -1.05. The van der Waals surface area contributed by atoms with Crippen molar-refractivity contribution >= 4 is 29.9 Å². The predicted octanol–water partition coefficient (Wildman–Crippen LogP) is 1.89. The Bertz CT molecular complexity index is 426. The van der Waals surface area contributed by atoms with E-state index in [-0.39, 0.29) is 35.5 Å². The number of hydrogen-bond acceptors (Lipinski definition) is 4. The van der Waals surface area contributed by atoms with Gasteiger partial charge in [0.25, 0.3) is 0 Å². The third kappa shape index (κ3) is 4.01. The van der Waals surface area contributed by atoms with Gasteiger partial charge >= 0.3 is 0 Å². The van der Waals surface area contributed by atoms with Gasteiger partial charge in [0.05, 0.1) is 7.11 Å². The van der Waals surface area contributed by atoms with E-state index in [4.69, 9.17) is 4.74 Å². The van der Waals surface area contributed by atoms with Gasteiger partial charge in [-0.05, 0) is 24.1 Å². The molecule has 0 radical (unpaired) electrons. The van der Waals surface area contributed by atoms with Crippen molar-refractivity contribution in [3.05, 3.63) is 29.6 Å². The number of nitrogens with one attached hydrogen (secondary N) is 2. The van der Waals surface area contributed by atoms with Crippen molar-refractivity contribution < 1.29 is 9.13 Å². The van der Waals surface area contributed by atoms with Gasteiger partial charge in [0, 0.05) is 19.6 Å². The summed E-state index contributed by atoms with van der Waals surface area (Å²) in [5.41, 5.74) is 0.860. The van der Waals surface area contributed by atoms with Crippen LogP contribution in [0.5, 0.6) is 5.75 Å². The van der Waals surface area contributed by atoms with E-state index in [1.54, 1.807) is 6.07 Å². The molecule has 0 saturated heterocycles. The van der Waals surface area contributed by atoms with Crippen molar-refractivity contribution in [1.82, 2.24) is 10.6 Å². The van der Waals surface area contributed by atoms with Crippen LogP contribution in [0.1, 0.15) is 12.0 Å². The van der Waals surface area contributed by atoms with Crippen LogP contribution in [-0.2, 0) is 6.54 Å². The molecule has 1 aromatic carbocycles. The molecule has 18 heavy (non-hydrogen) atoms. The van der Waals surface area contributed by atoms with Crippen LogP contribution >= 0.6 is 24.0 Å². The minimum absolute atomic E-state index is 0. The molecule has 4 nitrogen and oxygen atoms in total. The minimum atomic E-state index is -0.342.